The van der Waals surface area contributed by atoms with Gasteiger partial charge in [-0.1, -0.05) is 0 Å². The Bertz CT molecular complexity index is 516. The van der Waals surface area contributed by atoms with Crippen LogP contribution in [0.1, 0.15) is 0 Å². The van der Waals surface area contributed by atoms with Crippen LogP contribution in [0.25, 0.3) is 0 Å². The van der Waals surface area contributed by atoms with Gasteiger partial charge in [-0.3, -0.25) is 0 Å². The smallest absolute Gasteiger partial charge is 0.240 e. The molecule has 0 radical (unpaired) electrons. The SMILES string of the molecule is COc1ccc(S(=O)(=O)NC[C@@H](O)CO)cc1OC. The minimum absolute atomic E-state index is 0.0183. The van der Waals surface area contributed by atoms with Gasteiger partial charge in [0.15, 0.2) is 11.5 Å². The molecule has 0 bridgehead atoms. The van der Waals surface area contributed by atoms with Crippen molar-refractivity contribution >= 4 is 10.0 Å². The number of aliphatic hydroxyl groups excluding tert-OH is 2. The molecule has 0 saturated heterocycles. The van der Waals surface area contributed by atoms with Crippen LogP contribution >= 0.6 is 0 Å². The number of ether oxygens (including phenoxy) is 2. The van der Waals surface area contributed by atoms with Crippen molar-refractivity contribution in [2.24, 2.45) is 0 Å². The van der Waals surface area contributed by atoms with Gasteiger partial charge in [-0.05, 0) is 12.1 Å². The number of rotatable bonds is 7. The van der Waals surface area contributed by atoms with Crippen LogP contribution < -0.4 is 14.2 Å². The maximum atomic E-state index is 11.9. The second-order valence-corrected chi connectivity index (χ2v) is 5.47. The fraction of sp³-hybridized carbons (Fsp3) is 0.455. The van der Waals surface area contributed by atoms with Crippen LogP contribution in [0.4, 0.5) is 0 Å². The lowest BCUT2D eigenvalue weighted by Crippen LogP contribution is -2.33. The van der Waals surface area contributed by atoms with Gasteiger partial charge in [0.2, 0.25) is 10.0 Å². The summed E-state index contributed by atoms with van der Waals surface area (Å²) in [6.45, 7) is -0.790. The quantitative estimate of drug-likeness (QED) is 0.615. The van der Waals surface area contributed by atoms with Crippen molar-refractivity contribution in [3.63, 3.8) is 0 Å². The molecule has 0 fully saturated rings. The van der Waals surface area contributed by atoms with Crippen LogP contribution in [0.15, 0.2) is 23.1 Å². The maximum absolute atomic E-state index is 11.9. The normalized spacial score (nSPS) is 13.1. The molecule has 0 heterocycles. The van der Waals surface area contributed by atoms with Crippen molar-refractivity contribution in [2.45, 2.75) is 11.0 Å². The van der Waals surface area contributed by atoms with E-state index >= 15 is 0 Å². The van der Waals surface area contributed by atoms with Crippen LogP contribution in [-0.2, 0) is 10.0 Å². The Morgan fingerprint density at radius 1 is 1.26 bits per heavy atom. The van der Waals surface area contributed by atoms with Gasteiger partial charge in [0.25, 0.3) is 0 Å². The fourth-order valence-corrected chi connectivity index (χ4v) is 2.43. The Hall–Kier alpha value is -1.35. The Kier molecular flexibility index (Phi) is 5.55. The lowest BCUT2D eigenvalue weighted by atomic mass is 10.3. The first kappa shape index (κ1) is 15.7. The van der Waals surface area contributed by atoms with E-state index in [0.717, 1.165) is 0 Å². The molecule has 3 N–H and O–H groups in total. The molecule has 0 spiro atoms. The van der Waals surface area contributed by atoms with Gasteiger partial charge >= 0.3 is 0 Å². The molecule has 108 valence electrons. The zero-order valence-electron chi connectivity index (χ0n) is 10.7. The van der Waals surface area contributed by atoms with E-state index in [0.29, 0.717) is 5.75 Å². The zero-order chi connectivity index (χ0) is 14.5. The molecule has 0 amide bonds. The molecule has 8 heteroatoms. The summed E-state index contributed by atoms with van der Waals surface area (Å²) in [5, 5.41) is 17.8. The van der Waals surface area contributed by atoms with Gasteiger partial charge in [-0.2, -0.15) is 0 Å². The Morgan fingerprint density at radius 3 is 2.42 bits per heavy atom. The largest absolute Gasteiger partial charge is 0.493 e. The van der Waals surface area contributed by atoms with Crippen LogP contribution in [0.5, 0.6) is 11.5 Å². The predicted octanol–water partition coefficient (Wildman–Crippen LogP) is -0.665. The van der Waals surface area contributed by atoms with Crippen LogP contribution in [-0.4, -0.2) is 52.1 Å². The molecule has 0 aliphatic carbocycles. The Balaban J connectivity index is 2.95. The maximum Gasteiger partial charge on any atom is 0.240 e. The molecular formula is C11H17NO6S. The van der Waals surface area contributed by atoms with Gasteiger partial charge in [-0.25, -0.2) is 13.1 Å². The van der Waals surface area contributed by atoms with Crippen molar-refractivity contribution < 1.29 is 28.1 Å². The highest BCUT2D eigenvalue weighted by Crippen LogP contribution is 2.29. The van der Waals surface area contributed by atoms with E-state index in [1.165, 1.54) is 32.4 Å². The summed E-state index contributed by atoms with van der Waals surface area (Å²) >= 11 is 0. The highest BCUT2D eigenvalue weighted by atomic mass is 32.2. The lowest BCUT2D eigenvalue weighted by molar-refractivity contribution is 0.0988. The Morgan fingerprint density at radius 2 is 1.89 bits per heavy atom. The molecule has 19 heavy (non-hydrogen) atoms. The summed E-state index contributed by atoms with van der Waals surface area (Å²) in [6.07, 6.45) is -1.14. The molecule has 0 unspecified atom stereocenters. The first-order chi connectivity index (χ1) is 8.94. The van der Waals surface area contributed by atoms with E-state index in [4.69, 9.17) is 19.7 Å². The van der Waals surface area contributed by atoms with E-state index in [2.05, 4.69) is 4.72 Å². The monoisotopic (exact) mass is 291 g/mol. The van der Waals surface area contributed by atoms with Crippen molar-refractivity contribution in [1.82, 2.24) is 4.72 Å². The average Bonchev–Trinajstić information content (AvgIpc) is 2.43. The summed E-state index contributed by atoms with van der Waals surface area (Å²) in [6, 6.07) is 4.14. The minimum atomic E-state index is -3.78. The zero-order valence-corrected chi connectivity index (χ0v) is 11.5. The Labute approximate surface area is 111 Å². The number of hydrogen-bond donors (Lipinski definition) is 3. The standard InChI is InChI=1S/C11H17NO6S/c1-17-10-4-3-9(5-11(10)18-2)19(15,16)12-6-8(14)7-13/h3-5,8,12-14H,6-7H2,1-2H3/t8-/m1/s1. The third-order valence-electron chi connectivity index (χ3n) is 2.39. The van der Waals surface area contributed by atoms with E-state index in [1.54, 1.807) is 0 Å². The first-order valence-corrected chi connectivity index (χ1v) is 6.93. The third kappa shape index (κ3) is 4.06. The molecular weight excluding hydrogens is 274 g/mol. The predicted molar refractivity (Wildman–Crippen MR) is 67.8 cm³/mol. The molecule has 7 nitrogen and oxygen atoms in total. The number of hydrogen-bond acceptors (Lipinski definition) is 6. The fourth-order valence-electron chi connectivity index (χ4n) is 1.34. The summed E-state index contributed by atoms with van der Waals surface area (Å²) in [5.41, 5.74) is 0. The number of sulfonamides is 1. The summed E-state index contributed by atoms with van der Waals surface area (Å²) < 4.78 is 36.0. The topological polar surface area (TPSA) is 105 Å². The van der Waals surface area contributed by atoms with E-state index in [1.807, 2.05) is 0 Å². The van der Waals surface area contributed by atoms with Crippen molar-refractivity contribution in [1.29, 1.82) is 0 Å². The van der Waals surface area contributed by atoms with Crippen LogP contribution in [0, 0.1) is 0 Å². The summed E-state index contributed by atoms with van der Waals surface area (Å²) in [7, 11) is -0.933. The van der Waals surface area contributed by atoms with Gasteiger partial charge in [-0.15, -0.1) is 0 Å². The molecule has 1 aromatic carbocycles. The van der Waals surface area contributed by atoms with Gasteiger partial charge in [0.1, 0.15) is 0 Å². The van der Waals surface area contributed by atoms with Crippen LogP contribution in [0.3, 0.4) is 0 Å². The number of methoxy groups -OCH3 is 2. The molecule has 0 aliphatic rings. The number of aliphatic hydroxyl groups is 2. The third-order valence-corrected chi connectivity index (χ3v) is 3.81. The number of benzene rings is 1. The molecule has 1 rings (SSSR count). The molecule has 1 aromatic rings. The molecule has 0 saturated carbocycles. The highest BCUT2D eigenvalue weighted by molar-refractivity contribution is 7.89. The molecule has 0 aliphatic heterocycles. The van der Waals surface area contributed by atoms with Crippen molar-refractivity contribution in [3.8, 4) is 11.5 Å². The van der Waals surface area contributed by atoms with Gasteiger partial charge in [0.05, 0.1) is 31.8 Å². The minimum Gasteiger partial charge on any atom is -0.493 e. The molecule has 0 aromatic heterocycles. The first-order valence-electron chi connectivity index (χ1n) is 5.45. The van der Waals surface area contributed by atoms with Crippen molar-refractivity contribution in [2.75, 3.05) is 27.4 Å². The van der Waals surface area contributed by atoms with E-state index in [9.17, 15) is 8.42 Å². The van der Waals surface area contributed by atoms with Crippen molar-refractivity contribution in [3.05, 3.63) is 18.2 Å². The second kappa shape index (κ2) is 6.71. The van der Waals surface area contributed by atoms with E-state index < -0.39 is 22.7 Å². The van der Waals surface area contributed by atoms with Gasteiger partial charge in [0, 0.05) is 12.6 Å². The van der Waals surface area contributed by atoms with E-state index in [-0.39, 0.29) is 17.2 Å². The summed E-state index contributed by atoms with van der Waals surface area (Å²) in [4.78, 5) is -0.0183. The summed E-state index contributed by atoms with van der Waals surface area (Å²) in [5.74, 6) is 0.699. The number of nitrogens with one attached hydrogen (secondary N) is 1. The average molecular weight is 291 g/mol. The van der Waals surface area contributed by atoms with Gasteiger partial charge < -0.3 is 19.7 Å². The molecule has 1 atom stereocenters. The van der Waals surface area contributed by atoms with Crippen LogP contribution in [0.2, 0.25) is 0 Å². The highest BCUT2D eigenvalue weighted by Gasteiger charge is 2.18. The lowest BCUT2D eigenvalue weighted by Gasteiger charge is -2.12. The second-order valence-electron chi connectivity index (χ2n) is 3.71.